The normalized spacial score (nSPS) is 26.7. The van der Waals surface area contributed by atoms with Gasteiger partial charge in [-0.1, -0.05) is 0 Å². The van der Waals surface area contributed by atoms with E-state index in [0.29, 0.717) is 25.9 Å². The molecule has 1 aliphatic carbocycles. The Morgan fingerprint density at radius 2 is 1.38 bits per heavy atom. The Bertz CT molecular complexity index is 481. The van der Waals surface area contributed by atoms with Crippen LogP contribution in [0.15, 0.2) is 0 Å². The second-order valence-electron chi connectivity index (χ2n) is 5.80. The van der Waals surface area contributed by atoms with Gasteiger partial charge in [-0.25, -0.2) is 9.59 Å². The van der Waals surface area contributed by atoms with Gasteiger partial charge in [0.15, 0.2) is 0 Å². The first-order valence-electron chi connectivity index (χ1n) is 7.59. The minimum Gasteiger partial charge on any atom is -0.481 e. The lowest BCUT2D eigenvalue weighted by Gasteiger charge is -2.38. The first-order chi connectivity index (χ1) is 11.2. The van der Waals surface area contributed by atoms with Crippen molar-refractivity contribution in [2.45, 2.75) is 31.3 Å². The molecule has 1 aliphatic heterocycles. The van der Waals surface area contributed by atoms with Crippen LogP contribution in [0.25, 0.3) is 0 Å². The Morgan fingerprint density at radius 3 is 1.75 bits per heavy atom. The SMILES string of the molecule is O=C(O)C(=O)O.O=C(O)[C@H]1CC[C@@](O)(C(=O)N2CCNCC2)CC1. The van der Waals surface area contributed by atoms with E-state index in [9.17, 15) is 14.7 Å². The monoisotopic (exact) mass is 346 g/mol. The van der Waals surface area contributed by atoms with E-state index in [-0.39, 0.29) is 18.7 Å². The Balaban J connectivity index is 0.000000413. The van der Waals surface area contributed by atoms with Crippen LogP contribution in [0.1, 0.15) is 25.7 Å². The van der Waals surface area contributed by atoms with Crippen molar-refractivity contribution in [2.75, 3.05) is 26.2 Å². The van der Waals surface area contributed by atoms with Crippen LogP contribution in [-0.2, 0) is 19.2 Å². The molecule has 1 heterocycles. The maximum atomic E-state index is 12.3. The third-order valence-electron chi connectivity index (χ3n) is 4.15. The minimum atomic E-state index is -1.82. The molecule has 0 atom stereocenters. The summed E-state index contributed by atoms with van der Waals surface area (Å²) in [6.45, 7) is 2.73. The average Bonchev–Trinajstić information content (AvgIpc) is 2.55. The molecule has 1 amide bonds. The number of nitrogens with one attached hydrogen (secondary N) is 1. The van der Waals surface area contributed by atoms with Gasteiger partial charge >= 0.3 is 17.9 Å². The standard InChI is InChI=1S/C12H20N2O4.C2H2O4/c15-10(16)9-1-3-12(18,4-2-9)11(17)14-7-5-13-6-8-14;3-1(4)2(5)6/h9,13,18H,1-8H2,(H,15,16);(H,3,4)(H,5,6)/t9-,12-;. The molecule has 0 spiro atoms. The Labute approximate surface area is 138 Å². The summed E-state index contributed by atoms with van der Waals surface area (Å²) in [7, 11) is 0. The highest BCUT2D eigenvalue weighted by Gasteiger charge is 2.43. The quantitative estimate of drug-likeness (QED) is 0.377. The molecule has 1 saturated heterocycles. The number of carboxylic acid groups (broad SMARTS) is 3. The molecule has 0 aromatic carbocycles. The van der Waals surface area contributed by atoms with E-state index in [1.807, 2.05) is 0 Å². The molecule has 24 heavy (non-hydrogen) atoms. The fraction of sp³-hybridized carbons (Fsp3) is 0.714. The van der Waals surface area contributed by atoms with Crippen LogP contribution >= 0.6 is 0 Å². The number of amides is 1. The molecule has 5 N–H and O–H groups in total. The number of hydrogen-bond donors (Lipinski definition) is 5. The van der Waals surface area contributed by atoms with Crippen molar-refractivity contribution in [2.24, 2.45) is 5.92 Å². The summed E-state index contributed by atoms with van der Waals surface area (Å²) in [6, 6.07) is 0. The minimum absolute atomic E-state index is 0.229. The van der Waals surface area contributed by atoms with E-state index in [0.717, 1.165) is 13.1 Å². The molecule has 2 aliphatic rings. The molecule has 136 valence electrons. The fourth-order valence-electron chi connectivity index (χ4n) is 2.72. The van der Waals surface area contributed by atoms with Crippen molar-refractivity contribution in [3.63, 3.8) is 0 Å². The lowest BCUT2D eigenvalue weighted by molar-refractivity contribution is -0.160. The van der Waals surface area contributed by atoms with Gasteiger partial charge in [0.1, 0.15) is 5.60 Å². The van der Waals surface area contributed by atoms with Gasteiger partial charge in [0, 0.05) is 26.2 Å². The number of nitrogens with zero attached hydrogens (tertiary/aromatic N) is 1. The van der Waals surface area contributed by atoms with Gasteiger partial charge in [-0.15, -0.1) is 0 Å². The van der Waals surface area contributed by atoms with Gasteiger partial charge in [-0.05, 0) is 25.7 Å². The number of carbonyl (C=O) groups excluding carboxylic acids is 1. The van der Waals surface area contributed by atoms with Crippen LogP contribution in [0.2, 0.25) is 0 Å². The van der Waals surface area contributed by atoms with Gasteiger partial charge in [0.05, 0.1) is 5.92 Å². The number of aliphatic hydroxyl groups is 1. The number of rotatable bonds is 2. The Kier molecular flexibility index (Phi) is 7.11. The summed E-state index contributed by atoms with van der Waals surface area (Å²) in [5.74, 6) is -5.12. The molecule has 10 nitrogen and oxygen atoms in total. The van der Waals surface area contributed by atoms with Crippen LogP contribution < -0.4 is 5.32 Å². The van der Waals surface area contributed by atoms with Gasteiger partial charge < -0.3 is 30.6 Å². The van der Waals surface area contributed by atoms with E-state index in [2.05, 4.69) is 5.32 Å². The summed E-state index contributed by atoms with van der Waals surface area (Å²) in [5.41, 5.74) is -1.34. The highest BCUT2D eigenvalue weighted by Crippen LogP contribution is 2.33. The predicted octanol–water partition coefficient (Wildman–Crippen LogP) is -1.42. The molecule has 0 radical (unpaired) electrons. The highest BCUT2D eigenvalue weighted by molar-refractivity contribution is 6.27. The zero-order valence-corrected chi connectivity index (χ0v) is 13.1. The molecular weight excluding hydrogens is 324 g/mol. The van der Waals surface area contributed by atoms with Gasteiger partial charge in [-0.2, -0.15) is 0 Å². The van der Waals surface area contributed by atoms with Crippen LogP contribution in [0, 0.1) is 5.92 Å². The number of piperazine rings is 1. The average molecular weight is 346 g/mol. The Hall–Kier alpha value is -2.20. The topological polar surface area (TPSA) is 164 Å². The molecule has 0 bridgehead atoms. The second-order valence-corrected chi connectivity index (χ2v) is 5.80. The lowest BCUT2D eigenvalue weighted by atomic mass is 9.78. The summed E-state index contributed by atoms with van der Waals surface area (Å²) < 4.78 is 0. The number of carbonyl (C=O) groups is 4. The molecule has 10 heteroatoms. The summed E-state index contributed by atoms with van der Waals surface area (Å²) in [6.07, 6.45) is 1.27. The molecule has 2 rings (SSSR count). The zero-order chi connectivity index (χ0) is 18.3. The molecule has 0 aromatic heterocycles. The maximum Gasteiger partial charge on any atom is 0.414 e. The van der Waals surface area contributed by atoms with Crippen molar-refractivity contribution in [3.8, 4) is 0 Å². The van der Waals surface area contributed by atoms with Crippen molar-refractivity contribution in [1.82, 2.24) is 10.2 Å². The molecule has 2 fully saturated rings. The van der Waals surface area contributed by atoms with Crippen LogP contribution in [0.4, 0.5) is 0 Å². The van der Waals surface area contributed by atoms with E-state index < -0.39 is 29.4 Å². The lowest BCUT2D eigenvalue weighted by Crippen LogP contribution is -2.56. The molecule has 1 saturated carbocycles. The number of aliphatic carboxylic acids is 3. The van der Waals surface area contributed by atoms with Crippen molar-refractivity contribution in [3.05, 3.63) is 0 Å². The molecule has 0 aromatic rings. The third kappa shape index (κ3) is 5.46. The maximum absolute atomic E-state index is 12.3. The van der Waals surface area contributed by atoms with Crippen molar-refractivity contribution >= 4 is 23.8 Å². The first kappa shape index (κ1) is 19.8. The third-order valence-corrected chi connectivity index (χ3v) is 4.15. The summed E-state index contributed by atoms with van der Waals surface area (Å²) in [4.78, 5) is 43.0. The first-order valence-corrected chi connectivity index (χ1v) is 7.59. The van der Waals surface area contributed by atoms with Crippen molar-refractivity contribution in [1.29, 1.82) is 0 Å². The predicted molar refractivity (Wildman–Crippen MR) is 79.3 cm³/mol. The van der Waals surface area contributed by atoms with Gasteiger partial charge in [-0.3, -0.25) is 9.59 Å². The Morgan fingerprint density at radius 1 is 0.917 bits per heavy atom. The van der Waals surface area contributed by atoms with E-state index in [1.165, 1.54) is 0 Å². The molecule has 0 unspecified atom stereocenters. The fourth-order valence-corrected chi connectivity index (χ4v) is 2.72. The largest absolute Gasteiger partial charge is 0.481 e. The number of hydrogen-bond acceptors (Lipinski definition) is 6. The van der Waals surface area contributed by atoms with E-state index >= 15 is 0 Å². The van der Waals surface area contributed by atoms with Crippen LogP contribution in [0.3, 0.4) is 0 Å². The zero-order valence-electron chi connectivity index (χ0n) is 13.1. The van der Waals surface area contributed by atoms with Crippen LogP contribution in [0.5, 0.6) is 0 Å². The van der Waals surface area contributed by atoms with E-state index in [1.54, 1.807) is 4.90 Å². The number of carboxylic acids is 3. The van der Waals surface area contributed by atoms with Gasteiger partial charge in [0.25, 0.3) is 5.91 Å². The second kappa shape index (κ2) is 8.60. The molecular formula is C14H22N2O8. The summed E-state index contributed by atoms with van der Waals surface area (Å²) >= 11 is 0. The van der Waals surface area contributed by atoms with Crippen molar-refractivity contribution < 1.29 is 39.6 Å². The van der Waals surface area contributed by atoms with Gasteiger partial charge in [0.2, 0.25) is 0 Å². The van der Waals surface area contributed by atoms with Crippen LogP contribution in [-0.4, -0.2) is 80.9 Å². The smallest absolute Gasteiger partial charge is 0.414 e. The highest BCUT2D eigenvalue weighted by atomic mass is 16.4. The van der Waals surface area contributed by atoms with E-state index in [4.69, 9.17) is 24.9 Å². The summed E-state index contributed by atoms with van der Waals surface area (Å²) in [5, 5.41) is 37.2.